The summed E-state index contributed by atoms with van der Waals surface area (Å²) in [6, 6.07) is 12.8. The first-order valence-electron chi connectivity index (χ1n) is 11.2. The number of nitrogens with one attached hydrogen (secondary N) is 2. The van der Waals surface area contributed by atoms with E-state index in [1.54, 1.807) is 18.2 Å². The third kappa shape index (κ3) is 9.57. The number of carbonyl (C=O) groups excluding carboxylic acids is 1. The summed E-state index contributed by atoms with van der Waals surface area (Å²) in [7, 11) is 0. The summed E-state index contributed by atoms with van der Waals surface area (Å²) in [5.74, 6) is 1.86. The van der Waals surface area contributed by atoms with Crippen molar-refractivity contribution in [2.24, 2.45) is 5.92 Å². The van der Waals surface area contributed by atoms with E-state index in [0.29, 0.717) is 24.7 Å². The molecule has 0 bridgehead atoms. The average Bonchev–Trinajstić information content (AvgIpc) is 2.75. The molecule has 0 aliphatic rings. The van der Waals surface area contributed by atoms with Crippen LogP contribution in [0.5, 0.6) is 11.5 Å². The van der Waals surface area contributed by atoms with E-state index >= 15 is 0 Å². The minimum atomic E-state index is -0.286. The van der Waals surface area contributed by atoms with Gasteiger partial charge in [0, 0.05) is 11.3 Å². The Morgan fingerprint density at radius 1 is 1.03 bits per heavy atom. The van der Waals surface area contributed by atoms with Gasteiger partial charge in [0.05, 0.1) is 17.7 Å². The highest BCUT2D eigenvalue weighted by Crippen LogP contribution is 2.26. The van der Waals surface area contributed by atoms with Crippen LogP contribution in [0.25, 0.3) is 0 Å². The Bertz CT molecular complexity index is 872. The minimum absolute atomic E-state index is 0.232. The second-order valence-corrected chi connectivity index (χ2v) is 9.28. The molecule has 0 heterocycles. The summed E-state index contributed by atoms with van der Waals surface area (Å²) in [5, 5.41) is 5.96. The van der Waals surface area contributed by atoms with Crippen LogP contribution in [0.2, 0.25) is 0 Å². The molecule has 2 rings (SSSR count). The van der Waals surface area contributed by atoms with Crippen molar-refractivity contribution in [3.63, 3.8) is 0 Å². The van der Waals surface area contributed by atoms with Crippen LogP contribution in [-0.2, 0) is 0 Å². The number of carbonyl (C=O) groups is 1. The van der Waals surface area contributed by atoms with Crippen LogP contribution in [0.4, 0.5) is 5.69 Å². The van der Waals surface area contributed by atoms with Crippen molar-refractivity contribution >= 4 is 44.9 Å². The van der Waals surface area contributed by atoms with E-state index in [2.05, 4.69) is 47.3 Å². The molecule has 0 saturated heterocycles. The van der Waals surface area contributed by atoms with Gasteiger partial charge in [0.1, 0.15) is 11.5 Å². The maximum Gasteiger partial charge on any atom is 0.257 e. The third-order valence-electron chi connectivity index (χ3n) is 4.75. The number of hydrogen-bond acceptors (Lipinski definition) is 4. The van der Waals surface area contributed by atoms with Crippen molar-refractivity contribution in [1.29, 1.82) is 0 Å². The number of thiocarbonyl (C=S) groups is 1. The van der Waals surface area contributed by atoms with Gasteiger partial charge in [0.25, 0.3) is 5.91 Å². The molecule has 2 N–H and O–H groups in total. The number of hydrogen-bond donors (Lipinski definition) is 2. The molecule has 174 valence electrons. The second kappa shape index (κ2) is 14.1. The topological polar surface area (TPSA) is 59.6 Å². The van der Waals surface area contributed by atoms with Gasteiger partial charge >= 0.3 is 0 Å². The van der Waals surface area contributed by atoms with Crippen LogP contribution in [0.15, 0.2) is 46.9 Å². The van der Waals surface area contributed by atoms with Gasteiger partial charge in [0.2, 0.25) is 0 Å². The van der Waals surface area contributed by atoms with Gasteiger partial charge in [-0.05, 0) is 89.4 Å². The third-order valence-corrected chi connectivity index (χ3v) is 5.58. The molecule has 0 aliphatic carbocycles. The molecule has 0 fully saturated rings. The number of unbranched alkanes of at least 4 members (excludes halogenated alkanes) is 3. The lowest BCUT2D eigenvalue weighted by Gasteiger charge is -2.12. The highest BCUT2D eigenvalue weighted by Gasteiger charge is 2.11. The number of amides is 1. The normalized spacial score (nSPS) is 10.7. The smallest absolute Gasteiger partial charge is 0.257 e. The monoisotopic (exact) mass is 520 g/mol. The molecule has 0 radical (unpaired) electrons. The van der Waals surface area contributed by atoms with Gasteiger partial charge in [-0.25, -0.2) is 0 Å². The van der Waals surface area contributed by atoms with Crippen LogP contribution in [0, 0.1) is 5.92 Å². The lowest BCUT2D eigenvalue weighted by atomic mass is 10.1. The fourth-order valence-corrected chi connectivity index (χ4v) is 3.56. The molecular weight excluding hydrogens is 488 g/mol. The average molecular weight is 522 g/mol. The molecule has 32 heavy (non-hydrogen) atoms. The molecular formula is C25H33BrN2O3S. The van der Waals surface area contributed by atoms with Crippen LogP contribution < -0.4 is 20.1 Å². The summed E-state index contributed by atoms with van der Waals surface area (Å²) < 4.78 is 12.3. The van der Waals surface area contributed by atoms with Gasteiger partial charge in [-0.2, -0.15) is 0 Å². The zero-order valence-electron chi connectivity index (χ0n) is 19.1. The predicted molar refractivity (Wildman–Crippen MR) is 139 cm³/mol. The van der Waals surface area contributed by atoms with E-state index in [9.17, 15) is 4.79 Å². The molecule has 5 nitrogen and oxygen atoms in total. The van der Waals surface area contributed by atoms with E-state index in [4.69, 9.17) is 21.7 Å². The Balaban J connectivity index is 1.81. The van der Waals surface area contributed by atoms with Crippen molar-refractivity contribution in [3.05, 3.63) is 52.5 Å². The van der Waals surface area contributed by atoms with Gasteiger partial charge in [-0.3, -0.25) is 10.1 Å². The fourth-order valence-electron chi connectivity index (χ4n) is 2.85. The quantitative estimate of drug-likeness (QED) is 0.234. The number of benzene rings is 2. The summed E-state index contributed by atoms with van der Waals surface area (Å²) in [6.45, 7) is 7.88. The lowest BCUT2D eigenvalue weighted by molar-refractivity contribution is 0.0977. The number of halogens is 1. The van der Waals surface area contributed by atoms with E-state index in [-0.39, 0.29) is 11.0 Å². The summed E-state index contributed by atoms with van der Waals surface area (Å²) in [5.41, 5.74) is 1.27. The highest BCUT2D eigenvalue weighted by atomic mass is 79.9. The molecule has 0 aliphatic heterocycles. The Hall–Kier alpha value is -2.12. The predicted octanol–water partition coefficient (Wildman–Crippen LogP) is 6.96. The lowest BCUT2D eigenvalue weighted by Crippen LogP contribution is -2.34. The van der Waals surface area contributed by atoms with Crippen LogP contribution in [0.3, 0.4) is 0 Å². The van der Waals surface area contributed by atoms with Gasteiger partial charge in [-0.1, -0.05) is 40.0 Å². The van der Waals surface area contributed by atoms with Gasteiger partial charge in [-0.15, -0.1) is 0 Å². The van der Waals surface area contributed by atoms with Crippen molar-refractivity contribution in [1.82, 2.24) is 5.32 Å². The zero-order valence-corrected chi connectivity index (χ0v) is 21.5. The van der Waals surface area contributed by atoms with Crippen molar-refractivity contribution in [3.8, 4) is 11.5 Å². The Kier molecular flexibility index (Phi) is 11.5. The molecule has 0 aromatic heterocycles. The first kappa shape index (κ1) is 26.1. The maximum atomic E-state index is 12.5. The van der Waals surface area contributed by atoms with Crippen LogP contribution in [-0.4, -0.2) is 24.2 Å². The Labute approximate surface area is 205 Å². The van der Waals surface area contributed by atoms with E-state index < -0.39 is 0 Å². The molecule has 0 saturated carbocycles. The summed E-state index contributed by atoms with van der Waals surface area (Å²) in [6.07, 6.45) is 5.61. The van der Waals surface area contributed by atoms with Gasteiger partial charge < -0.3 is 14.8 Å². The highest BCUT2D eigenvalue weighted by molar-refractivity contribution is 9.10. The van der Waals surface area contributed by atoms with Crippen molar-refractivity contribution in [2.45, 2.75) is 52.9 Å². The Morgan fingerprint density at radius 2 is 1.78 bits per heavy atom. The molecule has 2 aromatic carbocycles. The van der Waals surface area contributed by atoms with Crippen molar-refractivity contribution in [2.75, 3.05) is 18.5 Å². The number of rotatable bonds is 12. The summed E-state index contributed by atoms with van der Waals surface area (Å²) >= 11 is 8.77. The standard InChI is InChI=1S/C25H33BrN2O3S/c1-4-5-6-7-15-31-23-13-8-19(17-22(23)26)24(29)28-25(32)27-20-9-11-21(12-10-20)30-16-14-18(2)3/h8-13,17-18H,4-7,14-16H2,1-3H3,(H2,27,28,29,32). The van der Waals surface area contributed by atoms with E-state index in [0.717, 1.165) is 40.9 Å². The molecule has 0 unspecified atom stereocenters. The first-order chi connectivity index (χ1) is 15.4. The first-order valence-corrected chi connectivity index (χ1v) is 12.4. The van der Waals surface area contributed by atoms with Crippen molar-refractivity contribution < 1.29 is 14.3 Å². The Morgan fingerprint density at radius 3 is 2.44 bits per heavy atom. The molecule has 1 amide bonds. The zero-order chi connectivity index (χ0) is 23.3. The second-order valence-electron chi connectivity index (χ2n) is 8.02. The largest absolute Gasteiger partial charge is 0.494 e. The van der Waals surface area contributed by atoms with E-state index in [1.807, 2.05) is 24.3 Å². The van der Waals surface area contributed by atoms with Crippen LogP contribution >= 0.6 is 28.1 Å². The molecule has 0 spiro atoms. The van der Waals surface area contributed by atoms with Gasteiger partial charge in [0.15, 0.2) is 5.11 Å². The van der Waals surface area contributed by atoms with Crippen LogP contribution in [0.1, 0.15) is 63.2 Å². The number of ether oxygens (including phenoxy) is 2. The fraction of sp³-hybridized carbons (Fsp3) is 0.440. The number of anilines is 1. The molecule has 7 heteroatoms. The summed E-state index contributed by atoms with van der Waals surface area (Å²) in [4.78, 5) is 12.5. The van der Waals surface area contributed by atoms with E-state index in [1.165, 1.54) is 12.8 Å². The minimum Gasteiger partial charge on any atom is -0.494 e. The maximum absolute atomic E-state index is 12.5. The SMILES string of the molecule is CCCCCCOc1ccc(C(=O)NC(=S)Nc2ccc(OCCC(C)C)cc2)cc1Br. The molecule has 2 aromatic rings. The molecule has 0 atom stereocenters.